The first-order chi connectivity index (χ1) is 16.3. The van der Waals surface area contributed by atoms with Crippen molar-refractivity contribution in [3.63, 3.8) is 0 Å². The predicted molar refractivity (Wildman–Crippen MR) is 130 cm³/mol. The van der Waals surface area contributed by atoms with Crippen molar-refractivity contribution in [1.82, 2.24) is 20.9 Å². The number of hydrogen-bond donors (Lipinski definition) is 3. The zero-order valence-electron chi connectivity index (χ0n) is 20.5. The van der Waals surface area contributed by atoms with Crippen LogP contribution in [0.1, 0.15) is 64.9 Å². The van der Waals surface area contributed by atoms with Gasteiger partial charge in [0.2, 0.25) is 23.6 Å². The molecule has 4 amide bonds. The zero-order valence-corrected chi connectivity index (χ0v) is 20.5. The summed E-state index contributed by atoms with van der Waals surface area (Å²) in [6.45, 7) is 6.48. The van der Waals surface area contributed by atoms with E-state index < -0.39 is 24.2 Å². The predicted octanol–water partition coefficient (Wildman–Crippen LogP) is 1.92. The van der Waals surface area contributed by atoms with Crippen molar-refractivity contribution in [1.29, 1.82) is 0 Å². The first-order valence-electron chi connectivity index (χ1n) is 12.6. The minimum atomic E-state index is -0.854. The molecule has 2 fully saturated rings. The van der Waals surface area contributed by atoms with Gasteiger partial charge >= 0.3 is 0 Å². The molecule has 2 aliphatic rings. The van der Waals surface area contributed by atoms with Gasteiger partial charge in [0.25, 0.3) is 0 Å². The Morgan fingerprint density at radius 1 is 0.912 bits per heavy atom. The number of amides is 4. The molecule has 8 heteroatoms. The summed E-state index contributed by atoms with van der Waals surface area (Å²) >= 11 is 0. The lowest BCUT2D eigenvalue weighted by Crippen LogP contribution is -2.61. The van der Waals surface area contributed by atoms with E-state index in [1.165, 1.54) is 0 Å². The third-order valence-corrected chi connectivity index (χ3v) is 6.56. The number of benzene rings is 1. The summed E-state index contributed by atoms with van der Waals surface area (Å²) in [5, 5.41) is 8.68. The minimum absolute atomic E-state index is 0.164. The molecule has 8 nitrogen and oxygen atoms in total. The van der Waals surface area contributed by atoms with Crippen LogP contribution in [0, 0.1) is 5.92 Å². The van der Waals surface area contributed by atoms with Gasteiger partial charge in [0.05, 0.1) is 0 Å². The van der Waals surface area contributed by atoms with Crippen LogP contribution in [0.2, 0.25) is 0 Å². The number of nitrogens with zero attached hydrogens (tertiary/aromatic N) is 1. The Morgan fingerprint density at radius 3 is 2.24 bits per heavy atom. The first-order valence-corrected chi connectivity index (χ1v) is 12.6. The van der Waals surface area contributed by atoms with E-state index in [1.807, 2.05) is 51.1 Å². The molecule has 3 rings (SSSR count). The molecule has 0 radical (unpaired) electrons. The number of nitrogens with one attached hydrogen (secondary N) is 3. The monoisotopic (exact) mass is 470 g/mol. The summed E-state index contributed by atoms with van der Waals surface area (Å²) in [6.07, 6.45) is 4.14. The van der Waals surface area contributed by atoms with Gasteiger partial charge in [-0.2, -0.15) is 0 Å². The fraction of sp³-hybridized carbons (Fsp3) is 0.615. The Hall–Kier alpha value is -2.90. The topological polar surface area (TPSA) is 108 Å². The van der Waals surface area contributed by atoms with E-state index in [-0.39, 0.29) is 29.5 Å². The average molecular weight is 471 g/mol. The van der Waals surface area contributed by atoms with E-state index in [0.29, 0.717) is 38.6 Å². The SMILES string of the molecule is CCCC[C@@H]1NC(=O)[C@H]2CCCN2C(=O)[C@H](CC(C)C)NC(=O)[C@H](Cc2ccccc2)NC1=O. The molecule has 2 aliphatic heterocycles. The maximum Gasteiger partial charge on any atom is 0.245 e. The summed E-state index contributed by atoms with van der Waals surface area (Å²) < 4.78 is 0. The standard InChI is InChI=1S/C26H38N4O4/c1-4-5-12-19-23(31)28-20(16-18-10-7-6-8-11-18)24(32)29-21(15-17(2)3)26(34)30-14-9-13-22(30)25(33)27-19/h6-8,10-11,17,19-22H,4-5,9,12-16H2,1-3H3,(H,27,33)(H,28,31)(H,29,32)/t19-,20-,21-,22+/m0/s1. The number of fused-ring (bicyclic) bond motifs is 1. The lowest BCUT2D eigenvalue weighted by Gasteiger charge is -2.33. The summed E-state index contributed by atoms with van der Waals surface area (Å²) in [5.74, 6) is -1.10. The summed E-state index contributed by atoms with van der Waals surface area (Å²) in [7, 11) is 0. The number of hydrogen-bond acceptors (Lipinski definition) is 4. The Bertz CT molecular complexity index is 873. The van der Waals surface area contributed by atoms with Gasteiger partial charge in [0.15, 0.2) is 0 Å². The molecule has 2 saturated heterocycles. The molecule has 186 valence electrons. The Kier molecular flexibility index (Phi) is 9.07. The second-order valence-corrected chi connectivity index (χ2v) is 9.83. The Labute approximate surface area is 202 Å². The third kappa shape index (κ3) is 6.58. The number of unbranched alkanes of at least 4 members (excludes halogenated alkanes) is 1. The maximum absolute atomic E-state index is 13.5. The van der Waals surface area contributed by atoms with Gasteiger partial charge < -0.3 is 20.9 Å². The highest BCUT2D eigenvalue weighted by Gasteiger charge is 2.40. The largest absolute Gasteiger partial charge is 0.343 e. The van der Waals surface area contributed by atoms with Crippen molar-refractivity contribution in [2.24, 2.45) is 5.92 Å². The van der Waals surface area contributed by atoms with Gasteiger partial charge in [-0.1, -0.05) is 63.9 Å². The van der Waals surface area contributed by atoms with Gasteiger partial charge in [0, 0.05) is 13.0 Å². The average Bonchev–Trinajstić information content (AvgIpc) is 3.30. The third-order valence-electron chi connectivity index (χ3n) is 6.56. The number of carbonyl (C=O) groups excluding carboxylic acids is 4. The lowest BCUT2D eigenvalue weighted by molar-refractivity contribution is -0.143. The van der Waals surface area contributed by atoms with Gasteiger partial charge in [-0.3, -0.25) is 19.2 Å². The minimum Gasteiger partial charge on any atom is -0.343 e. The van der Waals surface area contributed by atoms with Gasteiger partial charge in [0.1, 0.15) is 24.2 Å². The van der Waals surface area contributed by atoms with Gasteiger partial charge in [-0.25, -0.2) is 0 Å². The van der Waals surface area contributed by atoms with E-state index in [1.54, 1.807) is 4.90 Å². The molecule has 2 heterocycles. The van der Waals surface area contributed by atoms with E-state index in [0.717, 1.165) is 18.4 Å². The van der Waals surface area contributed by atoms with E-state index in [2.05, 4.69) is 16.0 Å². The van der Waals surface area contributed by atoms with Crippen molar-refractivity contribution in [3.8, 4) is 0 Å². The van der Waals surface area contributed by atoms with Crippen LogP contribution in [0.25, 0.3) is 0 Å². The van der Waals surface area contributed by atoms with E-state index in [9.17, 15) is 19.2 Å². The fourth-order valence-corrected chi connectivity index (χ4v) is 4.74. The second kappa shape index (κ2) is 12.0. The molecule has 0 bridgehead atoms. The lowest BCUT2D eigenvalue weighted by atomic mass is 9.99. The highest BCUT2D eigenvalue weighted by Crippen LogP contribution is 2.21. The molecule has 0 unspecified atom stereocenters. The molecule has 34 heavy (non-hydrogen) atoms. The second-order valence-electron chi connectivity index (χ2n) is 9.83. The number of carbonyl (C=O) groups is 4. The molecule has 3 N–H and O–H groups in total. The highest BCUT2D eigenvalue weighted by atomic mass is 16.2. The van der Waals surface area contributed by atoms with Crippen LogP contribution in [0.3, 0.4) is 0 Å². The van der Waals surface area contributed by atoms with E-state index in [4.69, 9.17) is 0 Å². The molecule has 0 aromatic heterocycles. The zero-order chi connectivity index (χ0) is 24.7. The Morgan fingerprint density at radius 2 is 1.56 bits per heavy atom. The summed E-state index contributed by atoms with van der Waals surface area (Å²) in [5.41, 5.74) is 0.899. The van der Waals surface area contributed by atoms with Crippen LogP contribution in [0.4, 0.5) is 0 Å². The Balaban J connectivity index is 1.94. The molecule has 0 saturated carbocycles. The quantitative estimate of drug-likeness (QED) is 0.566. The molecular weight excluding hydrogens is 432 g/mol. The molecular formula is C26H38N4O4. The molecule has 4 atom stereocenters. The smallest absolute Gasteiger partial charge is 0.245 e. The van der Waals surface area contributed by atoms with Crippen LogP contribution in [-0.2, 0) is 25.6 Å². The number of rotatable bonds is 7. The van der Waals surface area contributed by atoms with E-state index >= 15 is 0 Å². The van der Waals surface area contributed by atoms with Crippen molar-refractivity contribution in [2.75, 3.05) is 6.54 Å². The van der Waals surface area contributed by atoms with Crippen LogP contribution in [0.5, 0.6) is 0 Å². The van der Waals surface area contributed by atoms with Gasteiger partial charge in [-0.15, -0.1) is 0 Å². The van der Waals surface area contributed by atoms with Crippen molar-refractivity contribution >= 4 is 23.6 Å². The molecule has 0 spiro atoms. The van der Waals surface area contributed by atoms with Crippen molar-refractivity contribution in [2.45, 2.75) is 89.9 Å². The highest BCUT2D eigenvalue weighted by molar-refractivity contribution is 5.97. The van der Waals surface area contributed by atoms with Crippen LogP contribution in [-0.4, -0.2) is 59.2 Å². The molecule has 0 aliphatic carbocycles. The van der Waals surface area contributed by atoms with Gasteiger partial charge in [-0.05, 0) is 37.2 Å². The summed E-state index contributed by atoms with van der Waals surface area (Å²) in [6, 6.07) is 6.50. The first kappa shape index (κ1) is 25.7. The fourth-order valence-electron chi connectivity index (χ4n) is 4.74. The summed E-state index contributed by atoms with van der Waals surface area (Å²) in [4.78, 5) is 54.9. The van der Waals surface area contributed by atoms with Crippen molar-refractivity contribution in [3.05, 3.63) is 35.9 Å². The maximum atomic E-state index is 13.5. The normalized spacial score (nSPS) is 26.3. The molecule has 1 aromatic carbocycles. The van der Waals surface area contributed by atoms with Crippen LogP contribution in [0.15, 0.2) is 30.3 Å². The van der Waals surface area contributed by atoms with Crippen molar-refractivity contribution < 1.29 is 19.2 Å². The molecule has 1 aromatic rings. The van der Waals surface area contributed by atoms with Crippen LogP contribution >= 0.6 is 0 Å². The van der Waals surface area contributed by atoms with Crippen LogP contribution < -0.4 is 16.0 Å².